The molecular formula is C21H20CrO7. The molecule has 0 unspecified atom stereocenters. The van der Waals surface area contributed by atoms with Crippen LogP contribution in [0.1, 0.15) is 27.0 Å². The van der Waals surface area contributed by atoms with Gasteiger partial charge in [0.1, 0.15) is 11.3 Å². The molecule has 0 spiro atoms. The van der Waals surface area contributed by atoms with Crippen molar-refractivity contribution in [3.63, 3.8) is 0 Å². The van der Waals surface area contributed by atoms with Gasteiger partial charge < -0.3 is 14.2 Å². The molecule has 0 aliphatic heterocycles. The number of hydrogen-bond acceptors (Lipinski definition) is 4. The van der Waals surface area contributed by atoms with Crippen LogP contribution in [0.5, 0.6) is 17.2 Å². The van der Waals surface area contributed by atoms with E-state index in [1.807, 2.05) is 32.9 Å². The van der Waals surface area contributed by atoms with Crippen LogP contribution < -0.4 is 14.2 Å². The van der Waals surface area contributed by atoms with E-state index in [1.165, 1.54) is 14.2 Å². The van der Waals surface area contributed by atoms with Gasteiger partial charge in [-0.15, -0.1) is 0 Å². The van der Waals surface area contributed by atoms with Crippen LogP contribution in [-0.4, -0.2) is 20.2 Å². The van der Waals surface area contributed by atoms with Crippen molar-refractivity contribution in [2.24, 2.45) is 0 Å². The van der Waals surface area contributed by atoms with Crippen molar-refractivity contribution in [1.82, 2.24) is 0 Å². The molecule has 8 heteroatoms. The minimum Gasteiger partial charge on any atom is 0 e. The molecule has 0 saturated heterocycles. The van der Waals surface area contributed by atoms with Crippen molar-refractivity contribution >= 4 is 5.97 Å². The van der Waals surface area contributed by atoms with E-state index in [0.717, 1.165) is 16.7 Å². The molecule has 2 aromatic carbocycles. The SMILES string of the molecule is COc1cccc(C(=O)Oc2c(C)cc(C)cc2C)c1OC.[C-]#[O+].[C-]#[O+].[C-]#[O+].[Cr]. The van der Waals surface area contributed by atoms with Gasteiger partial charge in [0.15, 0.2) is 11.5 Å². The number of methoxy groups -OCH3 is 2. The third-order valence-electron chi connectivity index (χ3n) is 3.42. The van der Waals surface area contributed by atoms with Crippen LogP contribution in [0.4, 0.5) is 0 Å². The molecule has 0 aromatic heterocycles. The number of benzene rings is 2. The van der Waals surface area contributed by atoms with Crippen LogP contribution in [0.2, 0.25) is 0 Å². The first-order valence-corrected chi connectivity index (χ1v) is 7.60. The Bertz CT molecular complexity index is 801. The third-order valence-corrected chi connectivity index (χ3v) is 3.42. The predicted molar refractivity (Wildman–Crippen MR) is 96.9 cm³/mol. The Morgan fingerprint density at radius 3 is 1.72 bits per heavy atom. The fourth-order valence-electron chi connectivity index (χ4n) is 2.52. The van der Waals surface area contributed by atoms with Crippen molar-refractivity contribution in [3.8, 4) is 17.2 Å². The summed E-state index contributed by atoms with van der Waals surface area (Å²) < 4.78 is 38.6. The number of hydrogen-bond donors (Lipinski definition) is 0. The van der Waals surface area contributed by atoms with Crippen LogP contribution in [0.3, 0.4) is 0 Å². The summed E-state index contributed by atoms with van der Waals surface area (Å²) >= 11 is 0. The van der Waals surface area contributed by atoms with Crippen LogP contribution in [0.15, 0.2) is 30.3 Å². The summed E-state index contributed by atoms with van der Waals surface area (Å²) in [5, 5.41) is 0. The Kier molecular flexibility index (Phi) is 18.5. The Morgan fingerprint density at radius 2 is 1.31 bits per heavy atom. The molecule has 29 heavy (non-hydrogen) atoms. The van der Waals surface area contributed by atoms with E-state index < -0.39 is 5.97 Å². The molecule has 0 N–H and O–H groups in total. The van der Waals surface area contributed by atoms with Crippen molar-refractivity contribution in [2.75, 3.05) is 14.2 Å². The summed E-state index contributed by atoms with van der Waals surface area (Å²) in [5.41, 5.74) is 3.32. The topological polar surface area (TPSA) is 104 Å². The van der Waals surface area contributed by atoms with Gasteiger partial charge in [-0.25, -0.2) is 4.79 Å². The molecule has 0 atom stereocenters. The first-order chi connectivity index (χ1) is 13.5. The molecule has 0 aliphatic rings. The van der Waals surface area contributed by atoms with Crippen molar-refractivity contribution in [3.05, 3.63) is 72.5 Å². The van der Waals surface area contributed by atoms with Gasteiger partial charge in [0.05, 0.1) is 14.2 Å². The fraction of sp³-hybridized carbons (Fsp3) is 0.238. The molecule has 0 amide bonds. The summed E-state index contributed by atoms with van der Waals surface area (Å²) in [5.74, 6) is 0.984. The number of para-hydroxylation sites is 1. The third kappa shape index (κ3) is 8.87. The van der Waals surface area contributed by atoms with Gasteiger partial charge in [0.25, 0.3) is 0 Å². The number of rotatable bonds is 4. The number of aryl methyl sites for hydroxylation is 3. The van der Waals surface area contributed by atoms with E-state index in [2.05, 4.69) is 20.0 Å². The zero-order valence-electron chi connectivity index (χ0n) is 16.7. The summed E-state index contributed by atoms with van der Waals surface area (Å²) in [7, 11) is 3.03. The van der Waals surface area contributed by atoms with Gasteiger partial charge in [-0.2, -0.15) is 0 Å². The van der Waals surface area contributed by atoms with E-state index in [-0.39, 0.29) is 17.4 Å². The Balaban J connectivity index is -0.000000883. The van der Waals surface area contributed by atoms with Crippen molar-refractivity contribution in [1.29, 1.82) is 0 Å². The maximum absolute atomic E-state index is 12.5. The fourth-order valence-corrected chi connectivity index (χ4v) is 2.52. The summed E-state index contributed by atoms with van der Waals surface area (Å²) in [4.78, 5) is 12.5. The molecule has 0 aliphatic carbocycles. The van der Waals surface area contributed by atoms with Crippen LogP contribution in [0.25, 0.3) is 0 Å². The van der Waals surface area contributed by atoms with E-state index in [0.29, 0.717) is 22.8 Å². The summed E-state index contributed by atoms with van der Waals surface area (Å²) in [6, 6.07) is 9.09. The van der Waals surface area contributed by atoms with E-state index in [9.17, 15) is 4.79 Å². The molecule has 2 aromatic rings. The number of carbonyl (C=O) groups excluding carboxylic acids is 1. The Hall–Kier alpha value is -2.74. The molecule has 0 fully saturated rings. The molecule has 2 rings (SSSR count). The average molecular weight is 436 g/mol. The second-order valence-electron chi connectivity index (χ2n) is 5.16. The van der Waals surface area contributed by atoms with Crippen molar-refractivity contribution < 1.29 is 50.3 Å². The largest absolute Gasteiger partial charge is 0 e. The van der Waals surface area contributed by atoms with Gasteiger partial charge in [-0.3, -0.25) is 0 Å². The second-order valence-corrected chi connectivity index (χ2v) is 5.16. The number of esters is 1. The molecule has 0 saturated carbocycles. The molecule has 7 nitrogen and oxygen atoms in total. The first-order valence-electron chi connectivity index (χ1n) is 7.60. The minimum atomic E-state index is -0.467. The average Bonchev–Trinajstić information content (AvgIpc) is 2.74. The predicted octanol–water partition coefficient (Wildman–Crippen LogP) is 3.73. The minimum absolute atomic E-state index is 0. The maximum Gasteiger partial charge on any atom is 0 e. The molecule has 0 bridgehead atoms. The Morgan fingerprint density at radius 1 is 0.828 bits per heavy atom. The zero-order valence-corrected chi connectivity index (χ0v) is 17.9. The van der Waals surface area contributed by atoms with Crippen LogP contribution >= 0.6 is 0 Å². The van der Waals surface area contributed by atoms with E-state index in [1.54, 1.807) is 18.2 Å². The monoisotopic (exact) mass is 436 g/mol. The van der Waals surface area contributed by atoms with Gasteiger partial charge in [-0.1, -0.05) is 23.8 Å². The van der Waals surface area contributed by atoms with Crippen LogP contribution in [0, 0.1) is 40.7 Å². The normalized spacial score (nSPS) is 7.97. The molecule has 0 radical (unpaired) electrons. The zero-order chi connectivity index (χ0) is 22.3. The first kappa shape index (κ1) is 31.0. The smallest absolute Gasteiger partial charge is 0 e. The number of ether oxygens (including phenoxy) is 3. The standard InChI is InChI=1S/C18H20O4.3CO.Cr/c1-11-9-12(2)16(13(3)10-11)22-18(19)14-7-6-8-15(20-4)17(14)21-5;3*1-2;/h6-10H,1-5H3;;;;. The van der Waals surface area contributed by atoms with E-state index in [4.69, 9.17) is 28.2 Å². The van der Waals surface area contributed by atoms with E-state index >= 15 is 0 Å². The molecular weight excluding hydrogens is 416 g/mol. The van der Waals surface area contributed by atoms with Crippen LogP contribution in [-0.2, 0) is 31.3 Å². The summed E-state index contributed by atoms with van der Waals surface area (Å²) in [6.07, 6.45) is 0. The van der Waals surface area contributed by atoms with Gasteiger partial charge in [0.2, 0.25) is 0 Å². The Labute approximate surface area is 181 Å². The molecule has 0 heterocycles. The van der Waals surface area contributed by atoms with Gasteiger partial charge >= 0.3 is 39.9 Å². The number of carbonyl (C=O) groups is 1. The van der Waals surface area contributed by atoms with Gasteiger partial charge in [-0.05, 0) is 44.0 Å². The second kappa shape index (κ2) is 17.4. The van der Waals surface area contributed by atoms with Gasteiger partial charge in [0, 0.05) is 17.4 Å². The maximum atomic E-state index is 12.5. The van der Waals surface area contributed by atoms with Crippen molar-refractivity contribution in [2.45, 2.75) is 20.8 Å². The summed E-state index contributed by atoms with van der Waals surface area (Å²) in [6.45, 7) is 19.4. The molecule has 152 valence electrons. The quantitative estimate of drug-likeness (QED) is 0.315.